The van der Waals surface area contributed by atoms with Crippen LogP contribution in [0, 0.1) is 5.92 Å². The first-order chi connectivity index (χ1) is 8.40. The molecule has 1 heterocycles. The molecule has 18 heavy (non-hydrogen) atoms. The van der Waals surface area contributed by atoms with Crippen LogP contribution in [0.5, 0.6) is 0 Å². The molecule has 0 radical (unpaired) electrons. The summed E-state index contributed by atoms with van der Waals surface area (Å²) < 4.78 is 0. The summed E-state index contributed by atoms with van der Waals surface area (Å²) >= 11 is 6.29. The van der Waals surface area contributed by atoms with Crippen molar-refractivity contribution in [3.8, 4) is 0 Å². The number of halogens is 1. The monoisotopic (exact) mass is 269 g/mol. The molecule has 3 nitrogen and oxygen atoms in total. The molecular weight excluding hydrogens is 246 g/mol. The minimum atomic E-state index is 0.465. The van der Waals surface area contributed by atoms with Crippen molar-refractivity contribution in [1.29, 1.82) is 0 Å². The lowest BCUT2D eigenvalue weighted by Gasteiger charge is -2.21. The van der Waals surface area contributed by atoms with Gasteiger partial charge in [0.25, 0.3) is 0 Å². The predicted molar refractivity (Wildman–Crippen MR) is 79.3 cm³/mol. The van der Waals surface area contributed by atoms with Gasteiger partial charge in [-0.05, 0) is 17.5 Å². The maximum absolute atomic E-state index is 6.29. The van der Waals surface area contributed by atoms with Gasteiger partial charge in [-0.2, -0.15) is 0 Å². The van der Waals surface area contributed by atoms with Gasteiger partial charge in [-0.1, -0.05) is 39.3 Å². The van der Waals surface area contributed by atoms with E-state index < -0.39 is 0 Å². The highest BCUT2D eigenvalue weighted by Gasteiger charge is 2.10. The number of rotatable bonds is 6. The molecule has 0 saturated carbocycles. The molecule has 0 unspecified atom stereocenters. The van der Waals surface area contributed by atoms with Crippen LogP contribution in [0.1, 0.15) is 33.3 Å². The van der Waals surface area contributed by atoms with Crippen molar-refractivity contribution in [3.05, 3.63) is 22.8 Å². The van der Waals surface area contributed by atoms with E-state index in [2.05, 4.69) is 42.9 Å². The Balaban J connectivity index is 2.73. The van der Waals surface area contributed by atoms with E-state index in [1.807, 2.05) is 19.3 Å². The first kappa shape index (κ1) is 15.3. The molecule has 0 spiro atoms. The van der Waals surface area contributed by atoms with Crippen molar-refractivity contribution < 1.29 is 0 Å². The molecule has 0 bridgehead atoms. The molecule has 4 heteroatoms. The van der Waals surface area contributed by atoms with Crippen LogP contribution in [0.25, 0.3) is 0 Å². The summed E-state index contributed by atoms with van der Waals surface area (Å²) in [6.07, 6.45) is 1.90. The zero-order valence-electron chi connectivity index (χ0n) is 12.0. The number of nitrogens with one attached hydrogen (secondary N) is 1. The van der Waals surface area contributed by atoms with E-state index in [4.69, 9.17) is 11.6 Å². The predicted octanol–water partition coefficient (Wildman–Crippen LogP) is 3.33. The minimum absolute atomic E-state index is 0.465. The number of hydrogen-bond donors (Lipinski definition) is 1. The van der Waals surface area contributed by atoms with Crippen LogP contribution in [-0.4, -0.2) is 24.6 Å². The molecule has 1 aromatic rings. The molecule has 0 aliphatic carbocycles. The van der Waals surface area contributed by atoms with Crippen molar-refractivity contribution in [2.24, 2.45) is 5.92 Å². The second-order valence-corrected chi connectivity index (χ2v) is 5.87. The Labute approximate surface area is 116 Å². The van der Waals surface area contributed by atoms with Gasteiger partial charge in [-0.25, -0.2) is 4.98 Å². The number of aromatic nitrogens is 1. The smallest absolute Gasteiger partial charge is 0.147 e. The maximum atomic E-state index is 6.29. The zero-order valence-corrected chi connectivity index (χ0v) is 12.8. The normalized spacial score (nSPS) is 11.3. The third kappa shape index (κ3) is 4.83. The van der Waals surface area contributed by atoms with E-state index in [-0.39, 0.29) is 0 Å². The topological polar surface area (TPSA) is 28.2 Å². The van der Waals surface area contributed by atoms with Crippen LogP contribution >= 0.6 is 11.6 Å². The first-order valence-corrected chi connectivity index (χ1v) is 6.87. The molecule has 0 amide bonds. The molecule has 0 aliphatic heterocycles. The number of hydrogen-bond acceptors (Lipinski definition) is 3. The largest absolute Gasteiger partial charge is 0.358 e. The van der Waals surface area contributed by atoms with Gasteiger partial charge in [0.2, 0.25) is 0 Å². The summed E-state index contributed by atoms with van der Waals surface area (Å²) in [6, 6.07) is 2.46. The summed E-state index contributed by atoms with van der Waals surface area (Å²) in [7, 11) is 2.03. The lowest BCUT2D eigenvalue weighted by atomic mass is 10.2. The Morgan fingerprint density at radius 2 is 2.00 bits per heavy atom. The fraction of sp³-hybridized carbons (Fsp3) is 0.643. The molecule has 1 aromatic heterocycles. The maximum Gasteiger partial charge on any atom is 0.147 e. The Morgan fingerprint density at radius 1 is 1.33 bits per heavy atom. The quantitative estimate of drug-likeness (QED) is 0.859. The van der Waals surface area contributed by atoms with Gasteiger partial charge in [0, 0.05) is 32.4 Å². The van der Waals surface area contributed by atoms with Crippen LogP contribution in [0.3, 0.4) is 0 Å². The molecule has 0 fully saturated rings. The Hall–Kier alpha value is -0.800. The van der Waals surface area contributed by atoms with Crippen LogP contribution in [0.15, 0.2) is 12.3 Å². The van der Waals surface area contributed by atoms with Crippen molar-refractivity contribution >= 4 is 17.4 Å². The number of pyridine rings is 1. The van der Waals surface area contributed by atoms with Gasteiger partial charge in [0.05, 0.1) is 5.02 Å². The first-order valence-electron chi connectivity index (χ1n) is 6.49. The molecule has 0 atom stereocenters. The van der Waals surface area contributed by atoms with E-state index in [1.54, 1.807) is 0 Å². The van der Waals surface area contributed by atoms with E-state index in [1.165, 1.54) is 0 Å². The fourth-order valence-corrected chi connectivity index (χ4v) is 2.14. The minimum Gasteiger partial charge on any atom is -0.358 e. The highest BCUT2D eigenvalue weighted by molar-refractivity contribution is 6.33. The summed E-state index contributed by atoms with van der Waals surface area (Å²) in [4.78, 5) is 6.57. The van der Waals surface area contributed by atoms with E-state index >= 15 is 0 Å². The second kappa shape index (κ2) is 6.95. The third-order valence-electron chi connectivity index (χ3n) is 2.59. The Bertz CT molecular complexity index is 377. The highest BCUT2D eigenvalue weighted by atomic mass is 35.5. The summed E-state index contributed by atoms with van der Waals surface area (Å²) in [6.45, 7) is 10.4. The van der Waals surface area contributed by atoms with Crippen LogP contribution < -0.4 is 10.2 Å². The summed E-state index contributed by atoms with van der Waals surface area (Å²) in [5.74, 6) is 1.45. The summed E-state index contributed by atoms with van der Waals surface area (Å²) in [5.41, 5.74) is 1.12. The Kier molecular flexibility index (Phi) is 5.89. The van der Waals surface area contributed by atoms with Crippen molar-refractivity contribution in [2.75, 3.05) is 18.5 Å². The average molecular weight is 270 g/mol. The highest BCUT2D eigenvalue weighted by Crippen LogP contribution is 2.23. The van der Waals surface area contributed by atoms with Crippen LogP contribution in [-0.2, 0) is 6.54 Å². The van der Waals surface area contributed by atoms with E-state index in [0.29, 0.717) is 12.0 Å². The van der Waals surface area contributed by atoms with Crippen molar-refractivity contribution in [2.45, 2.75) is 40.3 Å². The summed E-state index contributed by atoms with van der Waals surface area (Å²) in [5, 5.41) is 4.08. The van der Waals surface area contributed by atoms with Crippen LogP contribution in [0.4, 0.5) is 5.82 Å². The van der Waals surface area contributed by atoms with Crippen LogP contribution in [0.2, 0.25) is 5.02 Å². The Morgan fingerprint density at radius 3 is 2.50 bits per heavy atom. The van der Waals surface area contributed by atoms with E-state index in [0.717, 1.165) is 29.5 Å². The molecule has 1 N–H and O–H groups in total. The molecule has 1 rings (SSSR count). The lowest BCUT2D eigenvalue weighted by Crippen LogP contribution is -2.24. The average Bonchev–Trinajstić information content (AvgIpc) is 2.25. The molecule has 0 saturated heterocycles. The number of nitrogens with zero attached hydrogens (tertiary/aromatic N) is 2. The van der Waals surface area contributed by atoms with Gasteiger partial charge in [0.15, 0.2) is 0 Å². The van der Waals surface area contributed by atoms with Crippen molar-refractivity contribution in [1.82, 2.24) is 10.3 Å². The van der Waals surface area contributed by atoms with Gasteiger partial charge in [0.1, 0.15) is 5.82 Å². The van der Waals surface area contributed by atoms with Gasteiger partial charge < -0.3 is 10.2 Å². The number of anilines is 1. The second-order valence-electron chi connectivity index (χ2n) is 5.46. The SMILES string of the molecule is CC(C)CN(C)c1ncc(CNC(C)C)cc1Cl. The molecule has 0 aliphatic rings. The fourth-order valence-electron chi connectivity index (χ4n) is 1.80. The molecular formula is C14H24ClN3. The molecule has 0 aromatic carbocycles. The van der Waals surface area contributed by atoms with Gasteiger partial charge in [-0.15, -0.1) is 0 Å². The third-order valence-corrected chi connectivity index (χ3v) is 2.87. The zero-order chi connectivity index (χ0) is 13.7. The van der Waals surface area contributed by atoms with E-state index in [9.17, 15) is 0 Å². The van der Waals surface area contributed by atoms with Gasteiger partial charge >= 0.3 is 0 Å². The molecule has 102 valence electrons. The van der Waals surface area contributed by atoms with Crippen molar-refractivity contribution in [3.63, 3.8) is 0 Å². The standard InChI is InChI=1S/C14H24ClN3/c1-10(2)9-18(5)14-13(15)6-12(8-17-14)7-16-11(3)4/h6,8,10-11,16H,7,9H2,1-5H3. The lowest BCUT2D eigenvalue weighted by molar-refractivity contribution is 0.587. The van der Waals surface area contributed by atoms with Gasteiger partial charge in [-0.3, -0.25) is 0 Å².